The van der Waals surface area contributed by atoms with E-state index in [1.54, 1.807) is 48.5 Å². The number of carbonyl (C=O) groups excluding carboxylic acids is 3. The number of aryl methyl sites for hydroxylation is 1. The van der Waals surface area contributed by atoms with Crippen molar-refractivity contribution in [1.82, 2.24) is 0 Å². The van der Waals surface area contributed by atoms with Crippen LogP contribution in [0.1, 0.15) is 30.9 Å². The number of rotatable bonds is 8. The maximum Gasteiger partial charge on any atom is 0.316 e. The van der Waals surface area contributed by atoms with Crippen molar-refractivity contribution in [3.63, 3.8) is 0 Å². The summed E-state index contributed by atoms with van der Waals surface area (Å²) in [5, 5.41) is -0.884. The minimum Gasteiger partial charge on any atom is -0.468 e. The van der Waals surface area contributed by atoms with Crippen LogP contribution in [-0.2, 0) is 29.9 Å². The van der Waals surface area contributed by atoms with Gasteiger partial charge >= 0.3 is 5.97 Å². The summed E-state index contributed by atoms with van der Waals surface area (Å²) >= 11 is 6.36. The van der Waals surface area contributed by atoms with E-state index in [0.717, 1.165) is 5.56 Å². The van der Waals surface area contributed by atoms with Crippen molar-refractivity contribution >= 4 is 39.9 Å². The quantitative estimate of drug-likeness (QED) is 0.465. The smallest absolute Gasteiger partial charge is 0.316 e. The first-order chi connectivity index (χ1) is 13.7. The minimum absolute atomic E-state index is 0.278. The van der Waals surface area contributed by atoms with Gasteiger partial charge in [-0.3, -0.25) is 18.6 Å². The molecule has 3 unspecified atom stereocenters. The number of benzene rings is 2. The minimum atomic E-state index is -1.82. The van der Waals surface area contributed by atoms with Gasteiger partial charge in [0.1, 0.15) is 22.7 Å². The molecular weight excluding hydrogens is 412 g/mol. The third-order valence-corrected chi connectivity index (χ3v) is 6.89. The first-order valence-electron chi connectivity index (χ1n) is 8.99. The van der Waals surface area contributed by atoms with Crippen molar-refractivity contribution in [2.75, 3.05) is 7.11 Å². The fourth-order valence-corrected chi connectivity index (χ4v) is 5.14. The van der Waals surface area contributed by atoms with E-state index >= 15 is 0 Å². The van der Waals surface area contributed by atoms with Crippen molar-refractivity contribution in [1.29, 1.82) is 0 Å². The second-order valence-electron chi connectivity index (χ2n) is 6.80. The van der Waals surface area contributed by atoms with Gasteiger partial charge in [-0.2, -0.15) is 0 Å². The van der Waals surface area contributed by atoms with Crippen LogP contribution < -0.4 is 0 Å². The lowest BCUT2D eigenvalue weighted by Crippen LogP contribution is -2.41. The summed E-state index contributed by atoms with van der Waals surface area (Å²) in [5.74, 6) is -4.05. The van der Waals surface area contributed by atoms with Crippen molar-refractivity contribution in [3.05, 3.63) is 64.7 Å². The van der Waals surface area contributed by atoms with E-state index in [2.05, 4.69) is 0 Å². The van der Waals surface area contributed by atoms with Crippen LogP contribution in [0.3, 0.4) is 0 Å². The van der Waals surface area contributed by atoms with Crippen molar-refractivity contribution in [3.8, 4) is 0 Å². The molecule has 0 heterocycles. The molecule has 4 atom stereocenters. The molecular formula is C22H23ClO5S. The van der Waals surface area contributed by atoms with Crippen LogP contribution in [0.4, 0.5) is 0 Å². The van der Waals surface area contributed by atoms with E-state index in [9.17, 15) is 18.6 Å². The zero-order chi connectivity index (χ0) is 21.7. The number of ether oxygens (including phenoxy) is 1. The number of hydrogen-bond acceptors (Lipinski definition) is 5. The lowest BCUT2D eigenvalue weighted by atomic mass is 9.80. The Morgan fingerprint density at radius 3 is 2.03 bits per heavy atom. The summed E-state index contributed by atoms with van der Waals surface area (Å²) in [5.41, 5.74) is 1.38. The van der Waals surface area contributed by atoms with Gasteiger partial charge in [-0.15, -0.1) is 0 Å². The van der Waals surface area contributed by atoms with Gasteiger partial charge in [-0.1, -0.05) is 47.5 Å². The summed E-state index contributed by atoms with van der Waals surface area (Å²) in [4.78, 5) is 38.1. The molecule has 2 aromatic carbocycles. The first-order valence-corrected chi connectivity index (χ1v) is 10.6. The van der Waals surface area contributed by atoms with Crippen LogP contribution in [0.5, 0.6) is 0 Å². The number of Topliss-reactive ketones (excluding diaryl/α,β-unsaturated/α-hetero) is 2. The van der Waals surface area contributed by atoms with Crippen LogP contribution in [-0.4, -0.2) is 34.1 Å². The highest BCUT2D eigenvalue weighted by Crippen LogP contribution is 2.38. The molecule has 0 amide bonds. The fraction of sp³-hybridized carbons (Fsp3) is 0.318. The molecule has 154 valence electrons. The maximum atomic E-state index is 13.4. The number of esters is 1. The molecule has 2 rings (SSSR count). The normalized spacial score (nSPS) is 15.1. The zero-order valence-electron chi connectivity index (χ0n) is 16.7. The van der Waals surface area contributed by atoms with Crippen LogP contribution >= 0.6 is 11.6 Å². The van der Waals surface area contributed by atoms with Gasteiger partial charge in [0.2, 0.25) is 0 Å². The molecule has 0 N–H and O–H groups in total. The predicted octanol–water partition coefficient (Wildman–Crippen LogP) is 3.88. The van der Waals surface area contributed by atoms with E-state index in [1.165, 1.54) is 21.0 Å². The Hall–Kier alpha value is -2.31. The molecule has 0 saturated heterocycles. The SMILES string of the molecule is COC(=O)C(C(C)=O)C(c1ccccc1Cl)C(C(C)=O)[S@@](=O)c1ccc(C)cc1. The fourth-order valence-electron chi connectivity index (χ4n) is 3.31. The summed E-state index contributed by atoms with van der Waals surface area (Å²) in [6.45, 7) is 4.44. The highest BCUT2D eigenvalue weighted by Gasteiger charge is 2.45. The number of methoxy groups -OCH3 is 1. The lowest BCUT2D eigenvalue weighted by molar-refractivity contribution is -0.149. The van der Waals surface area contributed by atoms with Gasteiger partial charge < -0.3 is 4.74 Å². The van der Waals surface area contributed by atoms with E-state index in [0.29, 0.717) is 10.5 Å². The second kappa shape index (κ2) is 9.94. The van der Waals surface area contributed by atoms with E-state index < -0.39 is 45.4 Å². The molecule has 0 saturated carbocycles. The second-order valence-corrected chi connectivity index (χ2v) is 8.78. The largest absolute Gasteiger partial charge is 0.468 e. The first kappa shape index (κ1) is 23.0. The van der Waals surface area contributed by atoms with Crippen LogP contribution in [0.2, 0.25) is 5.02 Å². The number of carbonyl (C=O) groups is 3. The summed E-state index contributed by atoms with van der Waals surface area (Å²) in [7, 11) is -0.654. The molecule has 0 aromatic heterocycles. The molecule has 0 radical (unpaired) electrons. The number of halogens is 1. The summed E-state index contributed by atoms with van der Waals surface area (Å²) < 4.78 is 18.3. The predicted molar refractivity (Wildman–Crippen MR) is 112 cm³/mol. The monoisotopic (exact) mass is 434 g/mol. The molecule has 29 heavy (non-hydrogen) atoms. The zero-order valence-corrected chi connectivity index (χ0v) is 18.3. The summed E-state index contributed by atoms with van der Waals surface area (Å²) in [6.07, 6.45) is 0. The van der Waals surface area contributed by atoms with Crippen molar-refractivity contribution in [2.45, 2.75) is 36.8 Å². The van der Waals surface area contributed by atoms with Gasteiger partial charge in [0.05, 0.1) is 17.9 Å². The number of ketones is 2. The Balaban J connectivity index is 2.71. The lowest BCUT2D eigenvalue weighted by Gasteiger charge is -2.30. The van der Waals surface area contributed by atoms with Gasteiger partial charge in [0.25, 0.3) is 0 Å². The van der Waals surface area contributed by atoms with Gasteiger partial charge in [0.15, 0.2) is 0 Å². The van der Waals surface area contributed by atoms with Crippen molar-refractivity contribution in [2.24, 2.45) is 5.92 Å². The molecule has 0 aliphatic carbocycles. The average Bonchev–Trinajstić information content (AvgIpc) is 2.67. The molecule has 2 aromatic rings. The maximum absolute atomic E-state index is 13.4. The standard InChI is InChI=1S/C22H23ClO5S/c1-13-9-11-16(12-10-13)29(27)21(15(3)25)20(17-7-5-6-8-18(17)23)19(14(2)24)22(26)28-4/h5-12,19-21H,1-4H3/t19?,20?,21?,29-/m0/s1. The molecule has 0 fully saturated rings. The van der Waals surface area contributed by atoms with Gasteiger partial charge in [-0.25, -0.2) is 0 Å². The van der Waals surface area contributed by atoms with Crippen LogP contribution in [0.25, 0.3) is 0 Å². The third kappa shape index (κ3) is 5.19. The highest BCUT2D eigenvalue weighted by molar-refractivity contribution is 7.86. The Labute approximate surface area is 177 Å². The van der Waals surface area contributed by atoms with E-state index in [-0.39, 0.29) is 5.02 Å². The third-order valence-electron chi connectivity index (χ3n) is 4.73. The molecule has 0 aliphatic rings. The number of hydrogen-bond donors (Lipinski definition) is 0. The van der Waals surface area contributed by atoms with Crippen molar-refractivity contribution < 1.29 is 23.3 Å². The van der Waals surface area contributed by atoms with E-state index in [4.69, 9.17) is 16.3 Å². The van der Waals surface area contributed by atoms with Gasteiger partial charge in [-0.05, 0) is 44.5 Å². The van der Waals surface area contributed by atoms with Gasteiger partial charge in [0, 0.05) is 15.8 Å². The highest BCUT2D eigenvalue weighted by atomic mass is 35.5. The Morgan fingerprint density at radius 2 is 1.55 bits per heavy atom. The summed E-state index contributed by atoms with van der Waals surface area (Å²) in [6, 6.07) is 13.5. The molecule has 5 nitrogen and oxygen atoms in total. The molecule has 7 heteroatoms. The van der Waals surface area contributed by atoms with E-state index in [1.807, 2.05) is 6.92 Å². The Morgan fingerprint density at radius 1 is 0.966 bits per heavy atom. The Kier molecular flexibility index (Phi) is 7.88. The topological polar surface area (TPSA) is 77.5 Å². The van der Waals surface area contributed by atoms with Crippen LogP contribution in [0.15, 0.2) is 53.4 Å². The average molecular weight is 435 g/mol. The molecule has 0 spiro atoms. The molecule has 0 aliphatic heterocycles. The Bertz CT molecular complexity index is 938. The molecule has 0 bridgehead atoms. The van der Waals surface area contributed by atoms with Crippen LogP contribution in [0, 0.1) is 12.8 Å².